The monoisotopic (exact) mass is 240 g/mol. The van der Waals surface area contributed by atoms with Crippen molar-refractivity contribution in [2.45, 2.75) is 13.0 Å². The number of hydrazine groups is 1. The predicted molar refractivity (Wildman–Crippen MR) is 62.0 cm³/mol. The second-order valence-electron chi connectivity index (χ2n) is 4.15. The molecule has 2 rings (SSSR count). The molecular formula is C12H17FN2O2. The van der Waals surface area contributed by atoms with Gasteiger partial charge in [0.25, 0.3) is 0 Å². The van der Waals surface area contributed by atoms with Crippen molar-refractivity contribution in [2.24, 2.45) is 0 Å². The molecule has 0 radical (unpaired) electrons. The summed E-state index contributed by atoms with van der Waals surface area (Å²) in [5.74, 6) is -0.442. The van der Waals surface area contributed by atoms with Gasteiger partial charge >= 0.3 is 0 Å². The normalized spacial score (nSPS) is 19.2. The van der Waals surface area contributed by atoms with Crippen molar-refractivity contribution in [3.8, 4) is 5.75 Å². The van der Waals surface area contributed by atoms with Crippen LogP contribution in [-0.2, 0) is 4.74 Å². The molecule has 0 amide bonds. The van der Waals surface area contributed by atoms with E-state index in [0.717, 1.165) is 19.2 Å². The number of morpholine rings is 1. The van der Waals surface area contributed by atoms with Crippen LogP contribution in [0.3, 0.4) is 0 Å². The smallest absolute Gasteiger partial charge is 0.126 e. The number of hydrogen-bond acceptors (Lipinski definition) is 4. The maximum atomic E-state index is 12.9. The summed E-state index contributed by atoms with van der Waals surface area (Å²) in [6.07, 6.45) is 0. The molecule has 94 valence electrons. The molecular weight excluding hydrogens is 223 g/mol. The van der Waals surface area contributed by atoms with Crippen molar-refractivity contribution in [1.29, 1.82) is 0 Å². The number of benzene rings is 1. The van der Waals surface area contributed by atoms with Crippen LogP contribution in [0.15, 0.2) is 18.2 Å². The van der Waals surface area contributed by atoms with Gasteiger partial charge in [0, 0.05) is 30.8 Å². The van der Waals surface area contributed by atoms with Crippen LogP contribution >= 0.6 is 0 Å². The second kappa shape index (κ2) is 5.44. The molecule has 1 aromatic rings. The van der Waals surface area contributed by atoms with Crippen molar-refractivity contribution < 1.29 is 14.2 Å². The Kier molecular flexibility index (Phi) is 3.93. The number of hydrogen-bond donors (Lipinski definition) is 2. The number of phenolic OH excluding ortho intramolecular Hbond substituents is 1. The molecule has 1 unspecified atom stereocenters. The van der Waals surface area contributed by atoms with Gasteiger partial charge in [0.2, 0.25) is 0 Å². The third-order valence-corrected chi connectivity index (χ3v) is 2.85. The van der Waals surface area contributed by atoms with E-state index in [1.807, 2.05) is 6.92 Å². The first-order valence-corrected chi connectivity index (χ1v) is 5.74. The summed E-state index contributed by atoms with van der Waals surface area (Å²) in [5.41, 5.74) is 3.96. The molecule has 1 fully saturated rings. The van der Waals surface area contributed by atoms with Crippen molar-refractivity contribution >= 4 is 0 Å². The molecule has 1 aromatic carbocycles. The number of halogens is 1. The predicted octanol–water partition coefficient (Wildman–Crippen LogP) is 1.43. The SMILES string of the molecule is CC(NN1CCOCC1)c1ccc(F)cc1O. The van der Waals surface area contributed by atoms with E-state index in [1.165, 1.54) is 6.07 Å². The first kappa shape index (κ1) is 12.3. The summed E-state index contributed by atoms with van der Waals surface area (Å²) in [4.78, 5) is 0. The average Bonchev–Trinajstić information content (AvgIpc) is 2.30. The number of phenols is 1. The Morgan fingerprint density at radius 2 is 2.12 bits per heavy atom. The van der Waals surface area contributed by atoms with Gasteiger partial charge in [-0.2, -0.15) is 0 Å². The van der Waals surface area contributed by atoms with Crippen LogP contribution in [0.1, 0.15) is 18.5 Å². The van der Waals surface area contributed by atoms with Crippen LogP contribution in [-0.4, -0.2) is 36.4 Å². The van der Waals surface area contributed by atoms with Crippen molar-refractivity contribution in [2.75, 3.05) is 26.3 Å². The van der Waals surface area contributed by atoms with E-state index in [0.29, 0.717) is 18.8 Å². The van der Waals surface area contributed by atoms with E-state index in [1.54, 1.807) is 6.07 Å². The zero-order valence-corrected chi connectivity index (χ0v) is 9.82. The summed E-state index contributed by atoms with van der Waals surface area (Å²) in [5, 5.41) is 11.7. The van der Waals surface area contributed by atoms with Gasteiger partial charge in [-0.1, -0.05) is 6.07 Å². The molecule has 4 nitrogen and oxygen atoms in total. The van der Waals surface area contributed by atoms with Gasteiger partial charge in [-0.15, -0.1) is 0 Å². The largest absolute Gasteiger partial charge is 0.508 e. The van der Waals surface area contributed by atoms with Gasteiger partial charge < -0.3 is 9.84 Å². The molecule has 1 atom stereocenters. The first-order valence-electron chi connectivity index (χ1n) is 5.74. The average molecular weight is 240 g/mol. The van der Waals surface area contributed by atoms with Crippen LogP contribution < -0.4 is 5.43 Å². The second-order valence-corrected chi connectivity index (χ2v) is 4.15. The maximum absolute atomic E-state index is 12.9. The lowest BCUT2D eigenvalue weighted by atomic mass is 10.1. The molecule has 0 spiro atoms. The number of rotatable bonds is 3. The van der Waals surface area contributed by atoms with Crippen LogP contribution in [0.4, 0.5) is 4.39 Å². The Morgan fingerprint density at radius 1 is 1.41 bits per heavy atom. The molecule has 0 saturated carbocycles. The summed E-state index contributed by atoms with van der Waals surface area (Å²) in [6, 6.07) is 4.02. The van der Waals surface area contributed by atoms with Gasteiger partial charge in [0.15, 0.2) is 0 Å². The molecule has 0 aliphatic carbocycles. The molecule has 17 heavy (non-hydrogen) atoms. The van der Waals surface area contributed by atoms with Crippen LogP contribution in [0, 0.1) is 5.82 Å². The Balaban J connectivity index is 2.00. The summed E-state index contributed by atoms with van der Waals surface area (Å²) >= 11 is 0. The minimum atomic E-state index is -0.426. The third-order valence-electron chi connectivity index (χ3n) is 2.85. The Labute approximate surface area is 100.0 Å². The standard InChI is InChI=1S/C12H17FN2O2/c1-9(14-15-4-6-17-7-5-15)11-3-2-10(13)8-12(11)16/h2-3,8-9,14,16H,4-7H2,1H3. The lowest BCUT2D eigenvalue weighted by Gasteiger charge is -2.30. The fourth-order valence-electron chi connectivity index (χ4n) is 1.92. The van der Waals surface area contributed by atoms with E-state index in [-0.39, 0.29) is 11.8 Å². The topological polar surface area (TPSA) is 44.7 Å². The summed E-state index contributed by atoms with van der Waals surface area (Å²) in [7, 11) is 0. The molecule has 1 aliphatic heterocycles. The summed E-state index contributed by atoms with van der Waals surface area (Å²) < 4.78 is 18.1. The van der Waals surface area contributed by atoms with Gasteiger partial charge in [-0.25, -0.2) is 14.8 Å². The Morgan fingerprint density at radius 3 is 2.76 bits per heavy atom. The maximum Gasteiger partial charge on any atom is 0.126 e. The number of nitrogens with one attached hydrogen (secondary N) is 1. The number of ether oxygens (including phenoxy) is 1. The molecule has 0 bridgehead atoms. The van der Waals surface area contributed by atoms with Gasteiger partial charge in [-0.05, 0) is 13.0 Å². The number of nitrogens with zero attached hydrogens (tertiary/aromatic N) is 1. The van der Waals surface area contributed by atoms with Crippen LogP contribution in [0.2, 0.25) is 0 Å². The zero-order chi connectivity index (χ0) is 12.3. The molecule has 0 aromatic heterocycles. The Hall–Kier alpha value is -1.17. The van der Waals surface area contributed by atoms with E-state index >= 15 is 0 Å². The first-order chi connectivity index (χ1) is 8.16. The van der Waals surface area contributed by atoms with Crippen molar-refractivity contribution in [3.05, 3.63) is 29.6 Å². The number of aromatic hydroxyl groups is 1. The van der Waals surface area contributed by atoms with Crippen LogP contribution in [0.25, 0.3) is 0 Å². The molecule has 1 heterocycles. The lowest BCUT2D eigenvalue weighted by molar-refractivity contribution is 0.00469. The van der Waals surface area contributed by atoms with Gasteiger partial charge in [0.05, 0.1) is 13.2 Å². The van der Waals surface area contributed by atoms with E-state index in [4.69, 9.17) is 4.74 Å². The highest BCUT2D eigenvalue weighted by Crippen LogP contribution is 2.24. The fourth-order valence-corrected chi connectivity index (χ4v) is 1.92. The van der Waals surface area contributed by atoms with Gasteiger partial charge in [0.1, 0.15) is 11.6 Å². The lowest BCUT2D eigenvalue weighted by Crippen LogP contribution is -2.46. The molecule has 1 aliphatic rings. The third kappa shape index (κ3) is 3.15. The molecule has 2 N–H and O–H groups in total. The fraction of sp³-hybridized carbons (Fsp3) is 0.500. The van der Waals surface area contributed by atoms with Crippen LogP contribution in [0.5, 0.6) is 5.75 Å². The summed E-state index contributed by atoms with van der Waals surface area (Å²) in [6.45, 7) is 4.96. The van der Waals surface area contributed by atoms with E-state index in [9.17, 15) is 9.50 Å². The Bertz CT molecular complexity index is 381. The minimum Gasteiger partial charge on any atom is -0.508 e. The van der Waals surface area contributed by atoms with Gasteiger partial charge in [-0.3, -0.25) is 0 Å². The highest BCUT2D eigenvalue weighted by Gasteiger charge is 2.16. The van der Waals surface area contributed by atoms with E-state index < -0.39 is 5.82 Å². The van der Waals surface area contributed by atoms with E-state index in [2.05, 4.69) is 10.4 Å². The zero-order valence-electron chi connectivity index (χ0n) is 9.82. The highest BCUT2D eigenvalue weighted by molar-refractivity contribution is 5.34. The molecule has 5 heteroatoms. The minimum absolute atomic E-state index is 0.0155. The molecule has 1 saturated heterocycles. The van der Waals surface area contributed by atoms with Crippen molar-refractivity contribution in [3.63, 3.8) is 0 Å². The van der Waals surface area contributed by atoms with Crippen molar-refractivity contribution in [1.82, 2.24) is 10.4 Å². The quantitative estimate of drug-likeness (QED) is 0.839. The highest BCUT2D eigenvalue weighted by atomic mass is 19.1.